The minimum Gasteiger partial charge on any atom is -0.375 e. The number of halogens is 1. The van der Waals surface area contributed by atoms with Crippen molar-refractivity contribution in [3.8, 4) is 0 Å². The summed E-state index contributed by atoms with van der Waals surface area (Å²) in [7, 11) is 0. The van der Waals surface area contributed by atoms with E-state index in [0.29, 0.717) is 28.7 Å². The monoisotopic (exact) mass is 293 g/mol. The molecule has 0 aliphatic heterocycles. The molecule has 0 spiro atoms. The van der Waals surface area contributed by atoms with Crippen LogP contribution in [0.15, 0.2) is 18.2 Å². The zero-order valence-electron chi connectivity index (χ0n) is 11.4. The Bertz CT molecular complexity index is 639. The van der Waals surface area contributed by atoms with Gasteiger partial charge in [0.15, 0.2) is 5.13 Å². The Morgan fingerprint density at radius 1 is 1.45 bits per heavy atom. The molecule has 0 saturated heterocycles. The van der Waals surface area contributed by atoms with Crippen molar-refractivity contribution < 1.29 is 9.18 Å². The fourth-order valence-corrected chi connectivity index (χ4v) is 2.71. The lowest BCUT2D eigenvalue weighted by Crippen LogP contribution is -2.25. The third kappa shape index (κ3) is 3.33. The van der Waals surface area contributed by atoms with Crippen LogP contribution in [0.3, 0.4) is 0 Å². The molecule has 2 aromatic rings. The number of nitrogen functional groups attached to an aromatic ring is 1. The molecule has 20 heavy (non-hydrogen) atoms. The number of hydrogen-bond donors (Lipinski definition) is 2. The van der Waals surface area contributed by atoms with E-state index >= 15 is 0 Å². The molecule has 6 heteroatoms. The van der Waals surface area contributed by atoms with Crippen molar-refractivity contribution in [1.82, 2.24) is 10.3 Å². The first-order chi connectivity index (χ1) is 9.47. The molecule has 0 aliphatic carbocycles. The van der Waals surface area contributed by atoms with Gasteiger partial charge in [0, 0.05) is 6.54 Å². The number of aryl methyl sites for hydroxylation is 2. The summed E-state index contributed by atoms with van der Waals surface area (Å²) in [4.78, 5) is 16.5. The van der Waals surface area contributed by atoms with Crippen molar-refractivity contribution >= 4 is 22.4 Å². The number of rotatable bonds is 4. The topological polar surface area (TPSA) is 68.0 Å². The van der Waals surface area contributed by atoms with E-state index in [0.717, 1.165) is 11.1 Å². The van der Waals surface area contributed by atoms with Crippen LogP contribution < -0.4 is 11.1 Å². The number of nitrogens with two attached hydrogens (primary N) is 1. The minimum atomic E-state index is -0.244. The van der Waals surface area contributed by atoms with Crippen LogP contribution in [0.4, 0.5) is 9.52 Å². The summed E-state index contributed by atoms with van der Waals surface area (Å²) in [5, 5.41) is 3.22. The Hall–Kier alpha value is -1.95. The Morgan fingerprint density at radius 3 is 2.80 bits per heavy atom. The lowest BCUT2D eigenvalue weighted by molar-refractivity contribution is 0.0957. The second-order valence-electron chi connectivity index (χ2n) is 4.54. The van der Waals surface area contributed by atoms with E-state index in [1.165, 1.54) is 23.5 Å². The van der Waals surface area contributed by atoms with Crippen molar-refractivity contribution in [3.05, 3.63) is 45.7 Å². The van der Waals surface area contributed by atoms with Gasteiger partial charge in [-0.2, -0.15) is 0 Å². The molecule has 0 aliphatic rings. The molecule has 0 unspecified atom stereocenters. The van der Waals surface area contributed by atoms with E-state index < -0.39 is 0 Å². The van der Waals surface area contributed by atoms with Crippen molar-refractivity contribution in [2.24, 2.45) is 0 Å². The number of aromatic nitrogens is 1. The normalized spacial score (nSPS) is 10.6. The maximum atomic E-state index is 13.0. The molecule has 1 aromatic carbocycles. The Morgan fingerprint density at radius 2 is 2.20 bits per heavy atom. The molecule has 0 atom stereocenters. The first kappa shape index (κ1) is 14.5. The fourth-order valence-electron chi connectivity index (χ4n) is 1.96. The van der Waals surface area contributed by atoms with Crippen LogP contribution in [-0.2, 0) is 6.42 Å². The number of hydrogen-bond acceptors (Lipinski definition) is 4. The average Bonchev–Trinajstić information content (AvgIpc) is 2.71. The molecular formula is C14H16FN3OS. The van der Waals surface area contributed by atoms with Crippen LogP contribution in [0.25, 0.3) is 0 Å². The third-order valence-corrected chi connectivity index (χ3v) is 3.99. The Balaban J connectivity index is 1.93. The van der Waals surface area contributed by atoms with Crippen LogP contribution in [-0.4, -0.2) is 17.4 Å². The predicted molar refractivity (Wildman–Crippen MR) is 78.4 cm³/mol. The van der Waals surface area contributed by atoms with Gasteiger partial charge in [-0.3, -0.25) is 4.79 Å². The highest BCUT2D eigenvalue weighted by Gasteiger charge is 2.13. The van der Waals surface area contributed by atoms with Crippen LogP contribution in [0.1, 0.15) is 26.5 Å². The van der Waals surface area contributed by atoms with E-state index in [-0.39, 0.29) is 11.7 Å². The summed E-state index contributed by atoms with van der Waals surface area (Å²) in [6, 6.07) is 4.66. The lowest BCUT2D eigenvalue weighted by Gasteiger charge is -2.07. The first-order valence-electron chi connectivity index (χ1n) is 6.23. The van der Waals surface area contributed by atoms with Gasteiger partial charge in [0.25, 0.3) is 5.91 Å². The number of amides is 1. The standard InChI is InChI=1S/C14H16FN3OS/c1-8-7-11(15)4-3-10(8)5-6-17-13(19)12-9(2)18-14(16)20-12/h3-4,7H,5-6H2,1-2H3,(H2,16,18)(H,17,19). The van der Waals surface area contributed by atoms with Gasteiger partial charge in [0.2, 0.25) is 0 Å². The summed E-state index contributed by atoms with van der Waals surface area (Å²) in [5.74, 6) is -0.414. The van der Waals surface area contributed by atoms with Crippen LogP contribution in [0, 0.1) is 19.7 Å². The van der Waals surface area contributed by atoms with Gasteiger partial charge in [0.05, 0.1) is 5.69 Å². The fraction of sp³-hybridized carbons (Fsp3) is 0.286. The summed E-state index contributed by atoms with van der Waals surface area (Å²) in [5.41, 5.74) is 8.11. The molecule has 4 nitrogen and oxygen atoms in total. The molecule has 2 rings (SSSR count). The molecule has 0 bridgehead atoms. The second-order valence-corrected chi connectivity index (χ2v) is 5.57. The lowest BCUT2D eigenvalue weighted by atomic mass is 10.1. The maximum absolute atomic E-state index is 13.0. The summed E-state index contributed by atoms with van der Waals surface area (Å²) in [6.07, 6.45) is 0.658. The summed E-state index contributed by atoms with van der Waals surface area (Å²) in [6.45, 7) is 4.10. The molecule has 0 radical (unpaired) electrons. The van der Waals surface area contributed by atoms with Gasteiger partial charge >= 0.3 is 0 Å². The largest absolute Gasteiger partial charge is 0.375 e. The van der Waals surface area contributed by atoms with Gasteiger partial charge < -0.3 is 11.1 Å². The van der Waals surface area contributed by atoms with E-state index in [2.05, 4.69) is 10.3 Å². The van der Waals surface area contributed by atoms with Crippen LogP contribution in [0.5, 0.6) is 0 Å². The summed E-state index contributed by atoms with van der Waals surface area (Å²) < 4.78 is 13.0. The Labute approximate surface area is 120 Å². The number of anilines is 1. The SMILES string of the molecule is Cc1cc(F)ccc1CCNC(=O)c1sc(N)nc1C. The highest BCUT2D eigenvalue weighted by Crippen LogP contribution is 2.19. The van der Waals surface area contributed by atoms with E-state index in [1.807, 2.05) is 6.92 Å². The molecule has 1 aromatic heterocycles. The molecule has 1 amide bonds. The number of benzene rings is 1. The van der Waals surface area contributed by atoms with Gasteiger partial charge in [-0.25, -0.2) is 9.37 Å². The van der Waals surface area contributed by atoms with E-state index in [1.54, 1.807) is 13.0 Å². The number of thiazole rings is 1. The predicted octanol–water partition coefficient (Wildman–Crippen LogP) is 2.45. The Kier molecular flexibility index (Phi) is 4.34. The van der Waals surface area contributed by atoms with Gasteiger partial charge in [-0.1, -0.05) is 17.4 Å². The first-order valence-corrected chi connectivity index (χ1v) is 7.05. The zero-order valence-corrected chi connectivity index (χ0v) is 12.2. The van der Waals surface area contributed by atoms with Crippen LogP contribution >= 0.6 is 11.3 Å². The van der Waals surface area contributed by atoms with Crippen molar-refractivity contribution in [3.63, 3.8) is 0 Å². The maximum Gasteiger partial charge on any atom is 0.263 e. The third-order valence-electron chi connectivity index (χ3n) is 3.00. The number of nitrogens with zero attached hydrogens (tertiary/aromatic N) is 1. The number of carbonyl (C=O) groups excluding carboxylic acids is 1. The molecule has 3 N–H and O–H groups in total. The van der Waals surface area contributed by atoms with Crippen molar-refractivity contribution in [1.29, 1.82) is 0 Å². The van der Waals surface area contributed by atoms with Gasteiger partial charge in [0.1, 0.15) is 10.7 Å². The zero-order chi connectivity index (χ0) is 14.7. The quantitative estimate of drug-likeness (QED) is 0.910. The van der Waals surface area contributed by atoms with E-state index in [4.69, 9.17) is 5.73 Å². The smallest absolute Gasteiger partial charge is 0.263 e. The molecule has 0 fully saturated rings. The highest BCUT2D eigenvalue weighted by molar-refractivity contribution is 7.17. The van der Waals surface area contributed by atoms with Crippen molar-refractivity contribution in [2.75, 3.05) is 12.3 Å². The van der Waals surface area contributed by atoms with Gasteiger partial charge in [-0.15, -0.1) is 0 Å². The highest BCUT2D eigenvalue weighted by atomic mass is 32.1. The van der Waals surface area contributed by atoms with E-state index in [9.17, 15) is 9.18 Å². The average molecular weight is 293 g/mol. The number of nitrogens with one attached hydrogen (secondary N) is 1. The molecule has 0 saturated carbocycles. The molecular weight excluding hydrogens is 277 g/mol. The minimum absolute atomic E-state index is 0.170. The second kappa shape index (κ2) is 6.00. The van der Waals surface area contributed by atoms with Crippen LogP contribution in [0.2, 0.25) is 0 Å². The molecule has 1 heterocycles. The summed E-state index contributed by atoms with van der Waals surface area (Å²) >= 11 is 1.18. The molecule has 106 valence electrons. The number of carbonyl (C=O) groups is 1. The van der Waals surface area contributed by atoms with Crippen molar-refractivity contribution in [2.45, 2.75) is 20.3 Å². The van der Waals surface area contributed by atoms with Gasteiger partial charge in [-0.05, 0) is 43.5 Å².